The normalized spacial score (nSPS) is 15.9. The van der Waals surface area contributed by atoms with Gasteiger partial charge in [0, 0.05) is 5.56 Å². The molecule has 9 nitrogen and oxygen atoms in total. The third-order valence-corrected chi connectivity index (χ3v) is 5.42. The van der Waals surface area contributed by atoms with Crippen molar-refractivity contribution in [3.63, 3.8) is 0 Å². The summed E-state index contributed by atoms with van der Waals surface area (Å²) in [5, 5.41) is 2.18. The molecule has 0 spiro atoms. The van der Waals surface area contributed by atoms with Crippen molar-refractivity contribution in [2.24, 2.45) is 0 Å². The second-order valence-corrected chi connectivity index (χ2v) is 7.79. The van der Waals surface area contributed by atoms with Crippen molar-refractivity contribution in [3.8, 4) is 17.2 Å². The van der Waals surface area contributed by atoms with Gasteiger partial charge in [-0.1, -0.05) is 35.9 Å². The number of hydrogen-bond acceptors (Lipinski definition) is 7. The van der Waals surface area contributed by atoms with Crippen LogP contribution in [0.1, 0.15) is 21.5 Å². The number of urea groups is 1. The van der Waals surface area contributed by atoms with Crippen molar-refractivity contribution in [2.45, 2.75) is 6.92 Å². The van der Waals surface area contributed by atoms with Gasteiger partial charge in [0.2, 0.25) is 6.79 Å². The van der Waals surface area contributed by atoms with E-state index in [9.17, 15) is 19.2 Å². The molecular weight excluding hydrogens is 452 g/mol. The Balaban J connectivity index is 1.44. The number of carbonyl (C=O) groups is 4. The highest BCUT2D eigenvalue weighted by Gasteiger charge is 2.37. The summed E-state index contributed by atoms with van der Waals surface area (Å²) in [5.74, 6) is -1.21. The molecule has 2 aliphatic heterocycles. The Kier molecular flexibility index (Phi) is 5.50. The fourth-order valence-corrected chi connectivity index (χ4v) is 3.62. The number of nitrogens with zero attached hydrogens (tertiary/aromatic N) is 1. The molecule has 0 atom stereocenters. The maximum absolute atomic E-state index is 13.1. The summed E-state index contributed by atoms with van der Waals surface area (Å²) >= 11 is 0. The van der Waals surface area contributed by atoms with Crippen molar-refractivity contribution < 1.29 is 33.4 Å². The summed E-state index contributed by atoms with van der Waals surface area (Å²) in [6.45, 7) is 1.95. The van der Waals surface area contributed by atoms with Gasteiger partial charge in [-0.2, -0.15) is 0 Å². The first-order valence-electron chi connectivity index (χ1n) is 10.6. The Labute approximate surface area is 199 Å². The molecule has 0 saturated carbocycles. The number of para-hydroxylation sites is 1. The van der Waals surface area contributed by atoms with Crippen LogP contribution in [0.3, 0.4) is 0 Å². The van der Waals surface area contributed by atoms with Crippen LogP contribution in [-0.2, 0) is 9.59 Å². The smallest absolute Gasteiger partial charge is 0.343 e. The number of barbiturate groups is 1. The maximum atomic E-state index is 13.1. The fraction of sp³-hybridized carbons (Fsp3) is 0.0769. The number of fused-ring (bicyclic) bond motifs is 1. The number of imide groups is 2. The average molecular weight is 470 g/mol. The molecule has 1 fully saturated rings. The zero-order chi connectivity index (χ0) is 24.5. The van der Waals surface area contributed by atoms with Crippen LogP contribution >= 0.6 is 0 Å². The molecule has 0 aromatic heterocycles. The molecule has 5 rings (SSSR count). The summed E-state index contributed by atoms with van der Waals surface area (Å²) in [6.07, 6.45) is 1.29. The summed E-state index contributed by atoms with van der Waals surface area (Å²) in [7, 11) is 0. The molecule has 2 heterocycles. The second kappa shape index (κ2) is 8.79. The highest BCUT2D eigenvalue weighted by Crippen LogP contribution is 2.33. The zero-order valence-electron chi connectivity index (χ0n) is 18.4. The molecule has 0 bridgehead atoms. The van der Waals surface area contributed by atoms with Gasteiger partial charge >= 0.3 is 12.0 Å². The van der Waals surface area contributed by atoms with E-state index in [-0.39, 0.29) is 23.7 Å². The molecule has 0 aliphatic carbocycles. The number of ether oxygens (including phenoxy) is 3. The molecule has 1 N–H and O–H groups in total. The second-order valence-electron chi connectivity index (χ2n) is 7.79. The summed E-state index contributed by atoms with van der Waals surface area (Å²) in [4.78, 5) is 51.7. The summed E-state index contributed by atoms with van der Waals surface area (Å²) < 4.78 is 16.1. The molecule has 174 valence electrons. The largest absolute Gasteiger partial charge is 0.454 e. The highest BCUT2D eigenvalue weighted by atomic mass is 16.7. The number of benzene rings is 3. The van der Waals surface area contributed by atoms with Gasteiger partial charge in [0.25, 0.3) is 11.8 Å². The lowest BCUT2D eigenvalue weighted by Gasteiger charge is -2.26. The van der Waals surface area contributed by atoms with E-state index < -0.39 is 23.8 Å². The summed E-state index contributed by atoms with van der Waals surface area (Å²) in [5.41, 5.74) is 1.53. The maximum Gasteiger partial charge on any atom is 0.343 e. The van der Waals surface area contributed by atoms with E-state index in [2.05, 4.69) is 5.32 Å². The lowest BCUT2D eigenvalue weighted by Crippen LogP contribution is -2.54. The van der Waals surface area contributed by atoms with Crippen LogP contribution in [0.25, 0.3) is 6.08 Å². The molecule has 3 aromatic carbocycles. The Hall–Kier alpha value is -4.92. The minimum Gasteiger partial charge on any atom is -0.454 e. The van der Waals surface area contributed by atoms with Gasteiger partial charge in [-0.3, -0.25) is 14.9 Å². The number of esters is 1. The SMILES string of the molecule is Cc1ccc(N2C(=O)NC(=O)/C(=C/c3ccccc3OC(=O)c3ccc4c(c3)OCO4)C2=O)cc1. The Bertz CT molecular complexity index is 1410. The van der Waals surface area contributed by atoms with E-state index in [0.717, 1.165) is 10.5 Å². The number of carbonyl (C=O) groups excluding carboxylic acids is 4. The van der Waals surface area contributed by atoms with Crippen molar-refractivity contribution in [2.75, 3.05) is 11.7 Å². The molecule has 0 radical (unpaired) electrons. The van der Waals surface area contributed by atoms with Crippen LogP contribution in [0.5, 0.6) is 17.2 Å². The van der Waals surface area contributed by atoms with Gasteiger partial charge in [-0.05, 0) is 49.4 Å². The molecule has 1 saturated heterocycles. The summed E-state index contributed by atoms with van der Waals surface area (Å²) in [6, 6.07) is 17.0. The van der Waals surface area contributed by atoms with E-state index in [0.29, 0.717) is 22.7 Å². The van der Waals surface area contributed by atoms with Gasteiger partial charge in [0.1, 0.15) is 11.3 Å². The van der Waals surface area contributed by atoms with E-state index in [1.807, 2.05) is 6.92 Å². The molecule has 9 heteroatoms. The number of anilines is 1. The van der Waals surface area contributed by atoms with Crippen LogP contribution < -0.4 is 24.4 Å². The van der Waals surface area contributed by atoms with Crippen molar-refractivity contribution in [1.82, 2.24) is 5.32 Å². The first kappa shape index (κ1) is 21.9. The standard InChI is InChI=1S/C26H18N2O7/c1-15-6-9-18(10-7-15)28-24(30)19(23(29)27-26(28)32)12-16-4-2-3-5-20(16)35-25(31)17-8-11-21-22(13-17)34-14-33-21/h2-13H,14H2,1H3,(H,27,29,32)/b19-12-. The minimum atomic E-state index is -0.847. The predicted molar refractivity (Wildman–Crippen MR) is 124 cm³/mol. The zero-order valence-corrected chi connectivity index (χ0v) is 18.4. The topological polar surface area (TPSA) is 111 Å². The highest BCUT2D eigenvalue weighted by molar-refractivity contribution is 6.39. The van der Waals surface area contributed by atoms with E-state index in [1.54, 1.807) is 54.6 Å². The predicted octanol–water partition coefficient (Wildman–Crippen LogP) is 3.61. The molecule has 3 aromatic rings. The molecular formula is C26H18N2O7. The van der Waals surface area contributed by atoms with Gasteiger partial charge in [-0.25, -0.2) is 14.5 Å². The van der Waals surface area contributed by atoms with Gasteiger partial charge in [0.05, 0.1) is 11.3 Å². The third-order valence-electron chi connectivity index (χ3n) is 5.42. The molecule has 35 heavy (non-hydrogen) atoms. The molecule has 4 amide bonds. The van der Waals surface area contributed by atoms with Crippen LogP contribution in [0.2, 0.25) is 0 Å². The Morgan fingerprint density at radius 2 is 1.71 bits per heavy atom. The quantitative estimate of drug-likeness (QED) is 0.268. The first-order chi connectivity index (χ1) is 16.9. The Morgan fingerprint density at radius 3 is 2.51 bits per heavy atom. The molecule has 2 aliphatic rings. The fourth-order valence-electron chi connectivity index (χ4n) is 3.62. The van der Waals surface area contributed by atoms with Crippen molar-refractivity contribution in [1.29, 1.82) is 0 Å². The lowest BCUT2D eigenvalue weighted by molar-refractivity contribution is -0.122. The van der Waals surface area contributed by atoms with Crippen LogP contribution in [0.4, 0.5) is 10.5 Å². The van der Waals surface area contributed by atoms with Crippen LogP contribution in [-0.4, -0.2) is 30.6 Å². The van der Waals surface area contributed by atoms with E-state index >= 15 is 0 Å². The van der Waals surface area contributed by atoms with Crippen molar-refractivity contribution >= 4 is 35.6 Å². The Morgan fingerprint density at radius 1 is 0.971 bits per heavy atom. The van der Waals surface area contributed by atoms with E-state index in [4.69, 9.17) is 14.2 Å². The lowest BCUT2D eigenvalue weighted by atomic mass is 10.1. The number of rotatable bonds is 4. The minimum absolute atomic E-state index is 0.0719. The van der Waals surface area contributed by atoms with Gasteiger partial charge in [0.15, 0.2) is 11.5 Å². The van der Waals surface area contributed by atoms with Gasteiger partial charge < -0.3 is 14.2 Å². The van der Waals surface area contributed by atoms with E-state index in [1.165, 1.54) is 18.2 Å². The number of hydrogen-bond donors (Lipinski definition) is 1. The average Bonchev–Trinajstić information content (AvgIpc) is 3.32. The third kappa shape index (κ3) is 4.22. The molecule has 0 unspecified atom stereocenters. The van der Waals surface area contributed by atoms with Crippen molar-refractivity contribution in [3.05, 3.63) is 89.0 Å². The number of amides is 4. The number of nitrogens with one attached hydrogen (secondary N) is 1. The van der Waals surface area contributed by atoms with Gasteiger partial charge in [-0.15, -0.1) is 0 Å². The van der Waals surface area contributed by atoms with Crippen LogP contribution in [0.15, 0.2) is 72.3 Å². The van der Waals surface area contributed by atoms with Crippen LogP contribution in [0, 0.1) is 6.92 Å². The first-order valence-corrected chi connectivity index (χ1v) is 10.6. The monoisotopic (exact) mass is 470 g/mol. The number of aryl methyl sites for hydroxylation is 1.